The molecule has 0 aliphatic carbocycles. The van der Waals surface area contributed by atoms with Crippen molar-refractivity contribution in [3.05, 3.63) is 64.2 Å². The van der Waals surface area contributed by atoms with E-state index in [9.17, 15) is 19.2 Å². The van der Waals surface area contributed by atoms with E-state index in [1.165, 1.54) is 18.2 Å². The van der Waals surface area contributed by atoms with Crippen LogP contribution in [0, 0.1) is 0 Å². The Balaban J connectivity index is 1.76. The lowest BCUT2D eigenvalue weighted by atomic mass is 10.1. The minimum absolute atomic E-state index is 0.0476. The van der Waals surface area contributed by atoms with Crippen LogP contribution in [-0.2, 0) is 14.3 Å². The van der Waals surface area contributed by atoms with Crippen LogP contribution in [0.1, 0.15) is 51.8 Å². The second-order valence-electron chi connectivity index (χ2n) is 7.35. The van der Waals surface area contributed by atoms with Crippen LogP contribution in [0.5, 0.6) is 0 Å². The monoisotopic (exact) mass is 415 g/mol. The van der Waals surface area contributed by atoms with Gasteiger partial charge in [0.05, 0.1) is 22.4 Å². The van der Waals surface area contributed by atoms with E-state index in [1.807, 2.05) is 0 Å². The number of nitrogens with zero attached hydrogens (tertiary/aromatic N) is 1. The first-order valence-electron chi connectivity index (χ1n) is 8.74. The van der Waals surface area contributed by atoms with E-state index in [-0.39, 0.29) is 16.7 Å². The van der Waals surface area contributed by atoms with Crippen LogP contribution in [0.3, 0.4) is 0 Å². The minimum Gasteiger partial charge on any atom is -0.457 e. The van der Waals surface area contributed by atoms with Gasteiger partial charge in [-0.15, -0.1) is 0 Å². The summed E-state index contributed by atoms with van der Waals surface area (Å²) in [5, 5.41) is 0.473. The number of anilines is 1. The molecule has 1 aliphatic heterocycles. The number of carbonyl (C=O) groups excluding carboxylic acids is 4. The zero-order valence-electron chi connectivity index (χ0n) is 16.0. The highest BCUT2D eigenvalue weighted by molar-refractivity contribution is 6.35. The van der Waals surface area contributed by atoms with Crippen molar-refractivity contribution >= 4 is 41.0 Å². The third-order valence-electron chi connectivity index (χ3n) is 3.95. The first kappa shape index (κ1) is 20.5. The Morgan fingerprint density at radius 1 is 0.966 bits per heavy atom. The Bertz CT molecular complexity index is 1010. The number of hydrogen-bond donors (Lipinski definition) is 0. The molecule has 0 spiro atoms. The predicted molar refractivity (Wildman–Crippen MR) is 105 cm³/mol. The second-order valence-corrected chi connectivity index (χ2v) is 7.78. The number of benzene rings is 2. The molecule has 3 rings (SSSR count). The Morgan fingerprint density at radius 2 is 1.59 bits per heavy atom. The summed E-state index contributed by atoms with van der Waals surface area (Å²) in [4.78, 5) is 50.3. The van der Waals surface area contributed by atoms with Crippen molar-refractivity contribution < 1.29 is 28.7 Å². The first-order valence-corrected chi connectivity index (χ1v) is 9.12. The highest BCUT2D eigenvalue weighted by atomic mass is 35.5. The van der Waals surface area contributed by atoms with Crippen LogP contribution < -0.4 is 4.90 Å². The maximum Gasteiger partial charge on any atom is 0.344 e. The summed E-state index contributed by atoms with van der Waals surface area (Å²) >= 11 is 5.85. The first-order chi connectivity index (χ1) is 13.6. The van der Waals surface area contributed by atoms with Crippen molar-refractivity contribution in [1.29, 1.82) is 0 Å². The van der Waals surface area contributed by atoms with Crippen molar-refractivity contribution in [2.24, 2.45) is 0 Å². The van der Waals surface area contributed by atoms with E-state index in [1.54, 1.807) is 45.0 Å². The second kappa shape index (κ2) is 7.67. The number of esters is 2. The molecule has 2 aromatic carbocycles. The minimum atomic E-state index is -0.802. The number of ether oxygens (including phenoxy) is 2. The maximum absolute atomic E-state index is 12.7. The smallest absolute Gasteiger partial charge is 0.344 e. The van der Waals surface area contributed by atoms with Crippen LogP contribution in [0.4, 0.5) is 5.69 Å². The predicted octanol–water partition coefficient (Wildman–Crippen LogP) is 3.64. The Labute approximate surface area is 172 Å². The summed E-state index contributed by atoms with van der Waals surface area (Å²) in [5.41, 5.74) is -0.0269. The lowest BCUT2D eigenvalue weighted by Crippen LogP contribution is -2.29. The van der Waals surface area contributed by atoms with E-state index >= 15 is 0 Å². The number of carbonyl (C=O) groups is 4. The van der Waals surface area contributed by atoms with Gasteiger partial charge in [0, 0.05) is 5.02 Å². The average Bonchev–Trinajstić information content (AvgIpc) is 2.89. The van der Waals surface area contributed by atoms with Crippen molar-refractivity contribution in [1.82, 2.24) is 0 Å². The molecule has 1 heterocycles. The lowest BCUT2D eigenvalue weighted by Gasteiger charge is -2.19. The molecule has 0 saturated carbocycles. The van der Waals surface area contributed by atoms with Gasteiger partial charge in [-0.25, -0.2) is 14.5 Å². The Hall–Kier alpha value is -3.19. The zero-order chi connectivity index (χ0) is 21.3. The average molecular weight is 416 g/mol. The summed E-state index contributed by atoms with van der Waals surface area (Å²) in [7, 11) is 0. The van der Waals surface area contributed by atoms with E-state index in [0.717, 1.165) is 4.90 Å². The van der Waals surface area contributed by atoms with Gasteiger partial charge in [-0.05, 0) is 63.2 Å². The molecule has 29 heavy (non-hydrogen) atoms. The van der Waals surface area contributed by atoms with Crippen LogP contribution in [0.2, 0.25) is 5.02 Å². The molecule has 0 fully saturated rings. The van der Waals surface area contributed by atoms with Crippen molar-refractivity contribution in [3.63, 3.8) is 0 Å². The molecular formula is C21H18ClNO6. The van der Waals surface area contributed by atoms with Crippen LogP contribution >= 0.6 is 11.6 Å². The summed E-state index contributed by atoms with van der Waals surface area (Å²) in [6.45, 7) is 4.53. The van der Waals surface area contributed by atoms with Gasteiger partial charge in [0.25, 0.3) is 11.8 Å². The summed E-state index contributed by atoms with van der Waals surface area (Å²) < 4.78 is 10.0. The van der Waals surface area contributed by atoms with Gasteiger partial charge >= 0.3 is 11.9 Å². The van der Waals surface area contributed by atoms with E-state index in [4.69, 9.17) is 21.1 Å². The van der Waals surface area contributed by atoms with Gasteiger partial charge in [-0.3, -0.25) is 9.59 Å². The van der Waals surface area contributed by atoms with Gasteiger partial charge in [-0.1, -0.05) is 11.6 Å². The molecule has 0 bridgehead atoms. The highest BCUT2D eigenvalue weighted by Crippen LogP contribution is 2.30. The molecule has 7 nitrogen and oxygen atoms in total. The molecule has 2 amide bonds. The van der Waals surface area contributed by atoms with Crippen LogP contribution in [-0.4, -0.2) is 36.0 Å². The van der Waals surface area contributed by atoms with E-state index in [0.29, 0.717) is 10.7 Å². The third-order valence-corrected chi connectivity index (χ3v) is 4.20. The van der Waals surface area contributed by atoms with Gasteiger partial charge in [-0.2, -0.15) is 0 Å². The van der Waals surface area contributed by atoms with Gasteiger partial charge < -0.3 is 9.47 Å². The number of rotatable bonds is 4. The van der Waals surface area contributed by atoms with Crippen LogP contribution in [0.15, 0.2) is 42.5 Å². The number of fused-ring (bicyclic) bond motifs is 1. The molecular weight excluding hydrogens is 398 g/mol. The number of halogens is 1. The molecule has 0 saturated heterocycles. The summed E-state index contributed by atoms with van der Waals surface area (Å²) in [6, 6.07) is 10.3. The fourth-order valence-electron chi connectivity index (χ4n) is 2.77. The molecule has 0 unspecified atom stereocenters. The molecule has 2 aromatic rings. The summed E-state index contributed by atoms with van der Waals surface area (Å²) in [5.74, 6) is -2.55. The Morgan fingerprint density at radius 3 is 2.21 bits per heavy atom. The molecule has 0 aromatic heterocycles. The largest absolute Gasteiger partial charge is 0.457 e. The van der Waals surface area contributed by atoms with Gasteiger partial charge in [0.1, 0.15) is 5.60 Å². The zero-order valence-corrected chi connectivity index (χ0v) is 16.8. The van der Waals surface area contributed by atoms with E-state index in [2.05, 4.69) is 0 Å². The highest BCUT2D eigenvalue weighted by Gasteiger charge is 2.37. The maximum atomic E-state index is 12.7. The molecule has 0 radical (unpaired) electrons. The SMILES string of the molecule is CC(C)(C)OC(=O)COC(=O)c1ccc2c(c1)C(=O)N(c1ccc(Cl)cc1)C2=O. The van der Waals surface area contributed by atoms with Crippen LogP contribution in [0.25, 0.3) is 0 Å². The molecule has 0 N–H and O–H groups in total. The summed E-state index contributed by atoms with van der Waals surface area (Å²) in [6.07, 6.45) is 0. The number of hydrogen-bond acceptors (Lipinski definition) is 6. The molecule has 8 heteroatoms. The number of amides is 2. The topological polar surface area (TPSA) is 90.0 Å². The normalized spacial score (nSPS) is 13.3. The lowest BCUT2D eigenvalue weighted by molar-refractivity contribution is -0.158. The Kier molecular flexibility index (Phi) is 5.44. The van der Waals surface area contributed by atoms with Crippen molar-refractivity contribution in [3.8, 4) is 0 Å². The fourth-order valence-corrected chi connectivity index (χ4v) is 2.90. The molecule has 0 atom stereocenters. The van der Waals surface area contributed by atoms with Gasteiger partial charge in [0.2, 0.25) is 0 Å². The number of imide groups is 1. The standard InChI is InChI=1S/C21H18ClNO6/c1-21(2,3)29-17(24)11-28-20(27)12-4-9-15-16(10-12)19(26)23(18(15)25)14-7-5-13(22)6-8-14/h4-10H,11H2,1-3H3. The van der Waals surface area contributed by atoms with Gasteiger partial charge in [0.15, 0.2) is 6.61 Å². The van der Waals surface area contributed by atoms with Crippen molar-refractivity contribution in [2.75, 3.05) is 11.5 Å². The van der Waals surface area contributed by atoms with E-state index < -0.39 is 36.0 Å². The van der Waals surface area contributed by atoms with Crippen molar-refractivity contribution in [2.45, 2.75) is 26.4 Å². The third kappa shape index (κ3) is 4.46. The molecule has 1 aliphatic rings. The molecule has 150 valence electrons. The fraction of sp³-hybridized carbons (Fsp3) is 0.238. The quantitative estimate of drug-likeness (QED) is 0.559.